The van der Waals surface area contributed by atoms with Crippen molar-refractivity contribution >= 4 is 17.0 Å². The van der Waals surface area contributed by atoms with E-state index in [2.05, 4.69) is 40.2 Å². The van der Waals surface area contributed by atoms with Crippen molar-refractivity contribution < 1.29 is 9.47 Å². The van der Waals surface area contributed by atoms with Crippen LogP contribution in [0, 0.1) is 0 Å². The molecule has 7 nitrogen and oxygen atoms in total. The zero-order valence-electron chi connectivity index (χ0n) is 17.4. The summed E-state index contributed by atoms with van der Waals surface area (Å²) in [6, 6.07) is 9.99. The number of fused-ring (bicyclic) bond motifs is 1. The zero-order chi connectivity index (χ0) is 21.1. The van der Waals surface area contributed by atoms with Crippen molar-refractivity contribution in [2.75, 3.05) is 19.0 Å². The van der Waals surface area contributed by atoms with Crippen LogP contribution >= 0.6 is 0 Å². The van der Waals surface area contributed by atoms with Crippen LogP contribution in [0.4, 0.5) is 5.82 Å². The molecule has 0 spiro atoms. The van der Waals surface area contributed by atoms with Crippen LogP contribution in [0.5, 0.6) is 0 Å². The third kappa shape index (κ3) is 3.74. The summed E-state index contributed by atoms with van der Waals surface area (Å²) in [6.07, 6.45) is 7.17. The maximum absolute atomic E-state index is 6.43. The smallest absolute Gasteiger partial charge is 0.165 e. The van der Waals surface area contributed by atoms with Crippen LogP contribution in [-0.4, -0.2) is 51.9 Å². The summed E-state index contributed by atoms with van der Waals surface area (Å²) in [7, 11) is 3.88. The number of anilines is 1. The van der Waals surface area contributed by atoms with Gasteiger partial charge in [0.05, 0.1) is 31.2 Å². The van der Waals surface area contributed by atoms with Gasteiger partial charge in [-0.1, -0.05) is 42.5 Å². The van der Waals surface area contributed by atoms with Crippen molar-refractivity contribution in [2.24, 2.45) is 0 Å². The summed E-state index contributed by atoms with van der Waals surface area (Å²) >= 11 is 0. The van der Waals surface area contributed by atoms with E-state index in [1.807, 2.05) is 53.9 Å². The lowest BCUT2D eigenvalue weighted by atomic mass is 10.0. The maximum Gasteiger partial charge on any atom is 0.165 e. The van der Waals surface area contributed by atoms with Crippen LogP contribution in [-0.2, 0) is 16.1 Å². The van der Waals surface area contributed by atoms with Crippen LogP contribution in [0.25, 0.3) is 11.2 Å². The van der Waals surface area contributed by atoms with Crippen LogP contribution in [0.15, 0.2) is 68.3 Å². The summed E-state index contributed by atoms with van der Waals surface area (Å²) in [4.78, 5) is 15.4. The van der Waals surface area contributed by atoms with E-state index >= 15 is 0 Å². The molecule has 0 aliphatic carbocycles. The monoisotopic (exact) mass is 405 g/mol. The molecule has 1 aromatic carbocycles. The molecule has 3 aromatic rings. The standard InChI is InChI=1S/C23H27N5O2/c1-5-10-18-21(29-13-16-11-8-7-9-12-16)20(17(6-2)30-18)28-15-26-19-22(27(3)4)24-14-25-23(19)28/h5-9,11-12,14-15,17-18,20-21H,1-2,10,13H2,3-4H3/t17-,18+,20-,21-/m1/s1. The van der Waals surface area contributed by atoms with E-state index in [-0.39, 0.29) is 24.4 Å². The molecule has 1 fully saturated rings. The first-order valence-electron chi connectivity index (χ1n) is 10.0. The number of benzene rings is 1. The van der Waals surface area contributed by atoms with Gasteiger partial charge in [-0.3, -0.25) is 0 Å². The molecule has 4 rings (SSSR count). The van der Waals surface area contributed by atoms with Crippen molar-refractivity contribution in [3.8, 4) is 0 Å². The van der Waals surface area contributed by atoms with Crippen molar-refractivity contribution in [1.82, 2.24) is 19.5 Å². The molecule has 0 bridgehead atoms. The first-order chi connectivity index (χ1) is 14.6. The Hall–Kier alpha value is -3.03. The lowest BCUT2D eigenvalue weighted by molar-refractivity contribution is -0.0269. The lowest BCUT2D eigenvalue weighted by Crippen LogP contribution is -2.32. The van der Waals surface area contributed by atoms with Gasteiger partial charge in [-0.25, -0.2) is 15.0 Å². The Labute approximate surface area is 176 Å². The van der Waals surface area contributed by atoms with Crippen LogP contribution < -0.4 is 4.90 Å². The molecule has 2 aromatic heterocycles. The Morgan fingerprint density at radius 1 is 1.17 bits per heavy atom. The zero-order valence-corrected chi connectivity index (χ0v) is 17.4. The molecule has 0 saturated carbocycles. The first kappa shape index (κ1) is 20.3. The van der Waals surface area contributed by atoms with Crippen molar-refractivity contribution in [1.29, 1.82) is 0 Å². The van der Waals surface area contributed by atoms with Crippen LogP contribution in [0.3, 0.4) is 0 Å². The van der Waals surface area contributed by atoms with E-state index in [1.54, 1.807) is 12.7 Å². The van der Waals surface area contributed by atoms with E-state index in [9.17, 15) is 0 Å². The summed E-state index contributed by atoms with van der Waals surface area (Å²) in [5.74, 6) is 0.775. The Balaban J connectivity index is 1.72. The predicted molar refractivity (Wildman–Crippen MR) is 117 cm³/mol. The molecule has 0 N–H and O–H groups in total. The van der Waals surface area contributed by atoms with Gasteiger partial charge < -0.3 is 18.9 Å². The minimum Gasteiger partial charge on any atom is -0.369 e. The van der Waals surface area contributed by atoms with Gasteiger partial charge in [0.15, 0.2) is 17.0 Å². The SMILES string of the molecule is C=CC[C@@H]1O[C@H](C=C)[C@@H](n2cnc3c(N(C)C)ncnc32)[C@@H]1OCc1ccccc1. The normalized spacial score (nSPS) is 23.5. The van der Waals surface area contributed by atoms with E-state index in [1.165, 1.54) is 0 Å². The van der Waals surface area contributed by atoms with Gasteiger partial charge in [0.2, 0.25) is 0 Å². The molecule has 1 saturated heterocycles. The molecule has 0 unspecified atom stereocenters. The summed E-state index contributed by atoms with van der Waals surface area (Å²) in [5, 5.41) is 0. The summed E-state index contributed by atoms with van der Waals surface area (Å²) < 4.78 is 14.8. The van der Waals surface area contributed by atoms with Gasteiger partial charge >= 0.3 is 0 Å². The average Bonchev–Trinajstić information content (AvgIpc) is 3.33. The van der Waals surface area contributed by atoms with Crippen molar-refractivity contribution in [3.63, 3.8) is 0 Å². The van der Waals surface area contributed by atoms with Crippen LogP contribution in [0.2, 0.25) is 0 Å². The third-order valence-electron chi connectivity index (χ3n) is 5.37. The van der Waals surface area contributed by atoms with E-state index in [0.717, 1.165) is 22.5 Å². The van der Waals surface area contributed by atoms with Crippen molar-refractivity contribution in [2.45, 2.75) is 37.4 Å². The molecule has 3 heterocycles. The fourth-order valence-corrected chi connectivity index (χ4v) is 3.99. The molecule has 7 heteroatoms. The number of ether oxygens (including phenoxy) is 2. The quantitative estimate of drug-likeness (QED) is 0.534. The third-order valence-corrected chi connectivity index (χ3v) is 5.37. The number of imidazole rings is 1. The summed E-state index contributed by atoms with van der Waals surface area (Å²) in [5.41, 5.74) is 2.62. The topological polar surface area (TPSA) is 65.3 Å². The minimum atomic E-state index is -0.231. The molecule has 0 radical (unpaired) electrons. The molecule has 0 amide bonds. The Morgan fingerprint density at radius 2 is 1.97 bits per heavy atom. The number of hydrogen-bond acceptors (Lipinski definition) is 6. The molecular weight excluding hydrogens is 378 g/mol. The highest BCUT2D eigenvalue weighted by atomic mass is 16.6. The predicted octanol–water partition coefficient (Wildman–Crippen LogP) is 3.55. The number of nitrogens with zero attached hydrogens (tertiary/aromatic N) is 5. The van der Waals surface area contributed by atoms with Gasteiger partial charge in [-0.05, 0) is 12.0 Å². The lowest BCUT2D eigenvalue weighted by Gasteiger charge is -2.25. The molecule has 30 heavy (non-hydrogen) atoms. The van der Waals surface area contributed by atoms with E-state index < -0.39 is 0 Å². The highest BCUT2D eigenvalue weighted by Crippen LogP contribution is 2.38. The van der Waals surface area contributed by atoms with E-state index in [4.69, 9.17) is 9.47 Å². The summed E-state index contributed by atoms with van der Waals surface area (Å²) in [6.45, 7) is 8.38. The van der Waals surface area contributed by atoms with Crippen LogP contribution in [0.1, 0.15) is 18.0 Å². The molecule has 1 aliphatic heterocycles. The molecular formula is C23H27N5O2. The fraction of sp³-hybridized carbons (Fsp3) is 0.348. The largest absolute Gasteiger partial charge is 0.369 e. The van der Waals surface area contributed by atoms with Gasteiger partial charge in [-0.15, -0.1) is 13.2 Å². The maximum atomic E-state index is 6.43. The molecule has 1 aliphatic rings. The molecule has 156 valence electrons. The Morgan fingerprint density at radius 3 is 2.67 bits per heavy atom. The second kappa shape index (κ2) is 8.77. The van der Waals surface area contributed by atoms with E-state index in [0.29, 0.717) is 13.0 Å². The van der Waals surface area contributed by atoms with Gasteiger partial charge in [0.1, 0.15) is 12.4 Å². The minimum absolute atomic E-state index is 0.133. The van der Waals surface area contributed by atoms with Gasteiger partial charge in [-0.2, -0.15) is 0 Å². The number of rotatable bonds is 8. The first-order valence-corrected chi connectivity index (χ1v) is 10.0. The highest BCUT2D eigenvalue weighted by molar-refractivity contribution is 5.83. The highest BCUT2D eigenvalue weighted by Gasteiger charge is 2.45. The van der Waals surface area contributed by atoms with Gasteiger partial charge in [0.25, 0.3) is 0 Å². The second-order valence-corrected chi connectivity index (χ2v) is 7.57. The number of aromatic nitrogens is 4. The fourth-order valence-electron chi connectivity index (χ4n) is 3.99. The van der Waals surface area contributed by atoms with Crippen molar-refractivity contribution in [3.05, 3.63) is 73.9 Å². The second-order valence-electron chi connectivity index (χ2n) is 7.57. The average molecular weight is 406 g/mol. The van der Waals surface area contributed by atoms with Gasteiger partial charge in [0, 0.05) is 14.1 Å². The Bertz CT molecular complexity index is 1020. The number of hydrogen-bond donors (Lipinski definition) is 0. The molecule has 4 atom stereocenters. The Kier molecular flexibility index (Phi) is 5.92.